The first-order valence-corrected chi connectivity index (χ1v) is 3.70. The predicted octanol–water partition coefficient (Wildman–Crippen LogP) is 1.86. The number of rotatable bonds is 4. The van der Waals surface area contributed by atoms with Gasteiger partial charge < -0.3 is 9.15 Å². The summed E-state index contributed by atoms with van der Waals surface area (Å²) >= 11 is 0. The molecule has 64 valence electrons. The van der Waals surface area contributed by atoms with Crippen LogP contribution >= 0.6 is 0 Å². The van der Waals surface area contributed by atoms with Crippen LogP contribution in [0.25, 0.3) is 6.08 Å². The summed E-state index contributed by atoms with van der Waals surface area (Å²) in [5.74, 6) is 0.901. The summed E-state index contributed by atoms with van der Waals surface area (Å²) in [5.41, 5.74) is 0. The van der Waals surface area contributed by atoms with Crippen LogP contribution in [-0.2, 0) is 9.53 Å². The van der Waals surface area contributed by atoms with Gasteiger partial charge in [0.1, 0.15) is 5.76 Å². The van der Waals surface area contributed by atoms with E-state index in [0.29, 0.717) is 18.7 Å². The molecule has 0 amide bonds. The van der Waals surface area contributed by atoms with E-state index >= 15 is 0 Å². The first kappa shape index (κ1) is 8.59. The maximum absolute atomic E-state index is 10.4. The molecule has 0 N–H and O–H groups in total. The van der Waals surface area contributed by atoms with E-state index in [0.717, 1.165) is 0 Å². The Balaban J connectivity index is 2.71. The fraction of sp³-hybridized carbons (Fsp3) is 0.222. The average molecular weight is 166 g/mol. The lowest BCUT2D eigenvalue weighted by molar-refractivity contribution is -0.107. The molecule has 12 heavy (non-hydrogen) atoms. The lowest BCUT2D eigenvalue weighted by Crippen LogP contribution is -1.91. The van der Waals surface area contributed by atoms with Crippen molar-refractivity contribution in [3.63, 3.8) is 0 Å². The molecule has 0 unspecified atom stereocenters. The molecule has 0 aliphatic carbocycles. The molecule has 0 saturated carbocycles. The van der Waals surface area contributed by atoms with Crippen molar-refractivity contribution < 1.29 is 13.9 Å². The highest BCUT2D eigenvalue weighted by molar-refractivity contribution is 5.77. The van der Waals surface area contributed by atoms with Gasteiger partial charge in [-0.3, -0.25) is 4.79 Å². The molecule has 0 saturated heterocycles. The lowest BCUT2D eigenvalue weighted by Gasteiger charge is -1.98. The Hall–Kier alpha value is -1.51. The van der Waals surface area contributed by atoms with Gasteiger partial charge in [-0.1, -0.05) is 0 Å². The van der Waals surface area contributed by atoms with Crippen molar-refractivity contribution >= 4 is 12.4 Å². The smallest absolute Gasteiger partial charge is 0.184 e. The van der Waals surface area contributed by atoms with E-state index in [4.69, 9.17) is 9.15 Å². The monoisotopic (exact) mass is 166 g/mol. The molecular weight excluding hydrogens is 156 g/mol. The SMILES string of the molecule is CCO/C(C=O)=C\c1ccco1. The van der Waals surface area contributed by atoms with Crippen molar-refractivity contribution in [3.05, 3.63) is 29.9 Å². The molecule has 1 rings (SSSR count). The Kier molecular flexibility index (Phi) is 3.14. The fourth-order valence-corrected chi connectivity index (χ4v) is 0.790. The van der Waals surface area contributed by atoms with Crippen LogP contribution in [0.2, 0.25) is 0 Å². The molecule has 3 nitrogen and oxygen atoms in total. The van der Waals surface area contributed by atoms with Crippen LogP contribution in [-0.4, -0.2) is 12.9 Å². The van der Waals surface area contributed by atoms with Crippen LogP contribution in [0.3, 0.4) is 0 Å². The molecule has 0 aliphatic rings. The summed E-state index contributed by atoms with van der Waals surface area (Å²) in [6.45, 7) is 2.30. The highest BCUT2D eigenvalue weighted by atomic mass is 16.5. The first-order chi connectivity index (χ1) is 5.86. The highest BCUT2D eigenvalue weighted by Gasteiger charge is 1.96. The van der Waals surface area contributed by atoms with Gasteiger partial charge in [-0.15, -0.1) is 0 Å². The van der Waals surface area contributed by atoms with E-state index in [1.54, 1.807) is 24.5 Å². The second-order valence-electron chi connectivity index (χ2n) is 2.11. The molecule has 1 heterocycles. The standard InChI is InChI=1S/C9H10O3/c1-2-11-9(7-10)6-8-4-3-5-12-8/h3-7H,2H2,1H3/b9-6-. The summed E-state index contributed by atoms with van der Waals surface area (Å²) in [4.78, 5) is 10.4. The lowest BCUT2D eigenvalue weighted by atomic mass is 10.4. The van der Waals surface area contributed by atoms with Gasteiger partial charge in [0.2, 0.25) is 0 Å². The first-order valence-electron chi connectivity index (χ1n) is 3.70. The minimum atomic E-state index is 0.285. The van der Waals surface area contributed by atoms with Gasteiger partial charge in [0, 0.05) is 6.08 Å². The van der Waals surface area contributed by atoms with Gasteiger partial charge in [-0.05, 0) is 19.1 Å². The number of hydrogen-bond acceptors (Lipinski definition) is 3. The normalized spacial score (nSPS) is 11.2. The molecule has 0 radical (unpaired) electrons. The topological polar surface area (TPSA) is 39.4 Å². The molecule has 1 aromatic rings. The third kappa shape index (κ3) is 2.27. The minimum absolute atomic E-state index is 0.285. The number of allylic oxidation sites excluding steroid dienone is 1. The van der Waals surface area contributed by atoms with Crippen molar-refractivity contribution in [2.24, 2.45) is 0 Å². The van der Waals surface area contributed by atoms with Crippen molar-refractivity contribution in [3.8, 4) is 0 Å². The molecule has 0 aromatic carbocycles. The largest absolute Gasteiger partial charge is 0.490 e. The summed E-state index contributed by atoms with van der Waals surface area (Å²) in [6.07, 6.45) is 3.75. The van der Waals surface area contributed by atoms with E-state index in [9.17, 15) is 4.79 Å². The molecule has 0 fully saturated rings. The van der Waals surface area contributed by atoms with E-state index in [-0.39, 0.29) is 5.76 Å². The van der Waals surface area contributed by atoms with Gasteiger partial charge in [0.05, 0.1) is 12.9 Å². The number of carbonyl (C=O) groups is 1. The Morgan fingerprint density at radius 3 is 3.08 bits per heavy atom. The highest BCUT2D eigenvalue weighted by Crippen LogP contribution is 2.06. The summed E-state index contributed by atoms with van der Waals surface area (Å²) in [7, 11) is 0. The molecular formula is C9H10O3. The Morgan fingerprint density at radius 2 is 2.58 bits per heavy atom. The Bertz CT molecular complexity index is 259. The number of ether oxygens (including phenoxy) is 1. The molecule has 3 heteroatoms. The van der Waals surface area contributed by atoms with Gasteiger partial charge in [-0.25, -0.2) is 0 Å². The quantitative estimate of drug-likeness (QED) is 0.389. The van der Waals surface area contributed by atoms with Gasteiger partial charge >= 0.3 is 0 Å². The van der Waals surface area contributed by atoms with Crippen LogP contribution in [0.15, 0.2) is 28.6 Å². The van der Waals surface area contributed by atoms with E-state index in [1.807, 2.05) is 6.92 Å². The van der Waals surface area contributed by atoms with Gasteiger partial charge in [0.25, 0.3) is 0 Å². The number of furan rings is 1. The van der Waals surface area contributed by atoms with Crippen LogP contribution < -0.4 is 0 Å². The van der Waals surface area contributed by atoms with Crippen LogP contribution in [0.4, 0.5) is 0 Å². The minimum Gasteiger partial charge on any atom is -0.490 e. The predicted molar refractivity (Wildman–Crippen MR) is 44.4 cm³/mol. The third-order valence-corrected chi connectivity index (χ3v) is 1.25. The molecule has 0 spiro atoms. The molecule has 1 aromatic heterocycles. The second-order valence-corrected chi connectivity index (χ2v) is 2.11. The maximum Gasteiger partial charge on any atom is 0.184 e. The van der Waals surface area contributed by atoms with E-state index < -0.39 is 0 Å². The molecule has 0 aliphatic heterocycles. The number of carbonyl (C=O) groups excluding carboxylic acids is 1. The zero-order valence-electron chi connectivity index (χ0n) is 6.82. The van der Waals surface area contributed by atoms with E-state index in [2.05, 4.69) is 0 Å². The third-order valence-electron chi connectivity index (χ3n) is 1.25. The summed E-state index contributed by atoms with van der Waals surface area (Å²) < 4.78 is 9.99. The Morgan fingerprint density at radius 1 is 1.75 bits per heavy atom. The van der Waals surface area contributed by atoms with Crippen LogP contribution in [0.5, 0.6) is 0 Å². The van der Waals surface area contributed by atoms with Crippen LogP contribution in [0, 0.1) is 0 Å². The molecule has 0 atom stereocenters. The van der Waals surface area contributed by atoms with Crippen molar-refractivity contribution in [1.29, 1.82) is 0 Å². The number of aldehydes is 1. The number of hydrogen-bond donors (Lipinski definition) is 0. The summed E-state index contributed by atoms with van der Waals surface area (Å²) in [5, 5.41) is 0. The second kappa shape index (κ2) is 4.38. The fourth-order valence-electron chi connectivity index (χ4n) is 0.790. The molecule has 0 bridgehead atoms. The summed E-state index contributed by atoms with van der Waals surface area (Å²) in [6, 6.07) is 3.50. The van der Waals surface area contributed by atoms with Crippen molar-refractivity contribution in [1.82, 2.24) is 0 Å². The van der Waals surface area contributed by atoms with Crippen molar-refractivity contribution in [2.75, 3.05) is 6.61 Å². The van der Waals surface area contributed by atoms with Gasteiger partial charge in [-0.2, -0.15) is 0 Å². The van der Waals surface area contributed by atoms with Crippen LogP contribution in [0.1, 0.15) is 12.7 Å². The Labute approximate surface area is 70.6 Å². The van der Waals surface area contributed by atoms with Crippen molar-refractivity contribution in [2.45, 2.75) is 6.92 Å². The average Bonchev–Trinajstić information content (AvgIpc) is 2.56. The van der Waals surface area contributed by atoms with E-state index in [1.165, 1.54) is 0 Å². The zero-order valence-corrected chi connectivity index (χ0v) is 6.82. The van der Waals surface area contributed by atoms with Gasteiger partial charge in [0.15, 0.2) is 12.0 Å². The maximum atomic E-state index is 10.4. The zero-order chi connectivity index (χ0) is 8.81.